The summed E-state index contributed by atoms with van der Waals surface area (Å²) >= 11 is 1.69. The molecule has 0 spiro atoms. The lowest BCUT2D eigenvalue weighted by Crippen LogP contribution is -2.48. The van der Waals surface area contributed by atoms with Crippen molar-refractivity contribution < 1.29 is 19.1 Å². The largest absolute Gasteiger partial charge is 0.486 e. The summed E-state index contributed by atoms with van der Waals surface area (Å²) in [6.07, 6.45) is 1.84. The Morgan fingerprint density at radius 2 is 1.90 bits per heavy atom. The first-order valence-electron chi connectivity index (χ1n) is 10.8. The Balaban J connectivity index is 1.41. The molecule has 8 heteroatoms. The molecule has 2 unspecified atom stereocenters. The molecule has 0 radical (unpaired) electrons. The van der Waals surface area contributed by atoms with Crippen LogP contribution in [0, 0.1) is 5.92 Å². The van der Waals surface area contributed by atoms with E-state index in [0.717, 1.165) is 49.5 Å². The molecule has 0 bridgehead atoms. The van der Waals surface area contributed by atoms with Crippen molar-refractivity contribution in [2.45, 2.75) is 50.3 Å². The average molecular weight is 434 g/mol. The van der Waals surface area contributed by atoms with Gasteiger partial charge in [0, 0.05) is 25.7 Å². The van der Waals surface area contributed by atoms with Crippen molar-refractivity contribution in [2.24, 2.45) is 5.92 Å². The third-order valence-corrected chi connectivity index (χ3v) is 7.26. The van der Waals surface area contributed by atoms with Gasteiger partial charge in [0.15, 0.2) is 11.5 Å². The maximum absolute atomic E-state index is 12.9. The van der Waals surface area contributed by atoms with Crippen LogP contribution in [-0.2, 0) is 4.79 Å². The highest BCUT2D eigenvalue weighted by atomic mass is 32.2. The Morgan fingerprint density at radius 3 is 2.60 bits per heavy atom. The molecule has 3 heterocycles. The second kappa shape index (κ2) is 8.96. The number of nitrogens with one attached hydrogen (secondary N) is 1. The molecule has 2 fully saturated rings. The van der Waals surface area contributed by atoms with E-state index in [1.54, 1.807) is 11.8 Å². The fourth-order valence-corrected chi connectivity index (χ4v) is 5.55. The van der Waals surface area contributed by atoms with Crippen LogP contribution in [0.3, 0.4) is 0 Å². The van der Waals surface area contributed by atoms with Crippen molar-refractivity contribution in [3.8, 4) is 11.5 Å². The quantitative estimate of drug-likeness (QED) is 0.789. The van der Waals surface area contributed by atoms with Crippen LogP contribution in [0.1, 0.15) is 44.6 Å². The molecule has 0 aliphatic carbocycles. The number of likely N-dealkylation sites (tertiary alicyclic amines) is 1. The Bertz CT molecular complexity index is 795. The van der Waals surface area contributed by atoms with E-state index in [4.69, 9.17) is 9.47 Å². The Kier molecular flexibility index (Phi) is 6.32. The number of fused-ring (bicyclic) bond motifs is 1. The van der Waals surface area contributed by atoms with Crippen molar-refractivity contribution in [2.75, 3.05) is 32.8 Å². The number of amides is 3. The normalized spacial score (nSPS) is 24.5. The summed E-state index contributed by atoms with van der Waals surface area (Å²) in [5.74, 6) is 2.13. The number of carbonyl (C=O) groups excluding carboxylic acids is 2. The van der Waals surface area contributed by atoms with E-state index in [9.17, 15) is 9.59 Å². The molecule has 3 amide bonds. The van der Waals surface area contributed by atoms with E-state index >= 15 is 0 Å². The first-order chi connectivity index (χ1) is 14.4. The SMILES string of the molecule is CC(C)NC(=O)N1CCC(CN2C(=O)C(C)SC2c2ccc3c(c2)OCCO3)CC1. The summed E-state index contributed by atoms with van der Waals surface area (Å²) in [5, 5.41) is 2.90. The minimum absolute atomic E-state index is 0.00871. The minimum atomic E-state index is -0.0555. The van der Waals surface area contributed by atoms with E-state index in [1.165, 1.54) is 0 Å². The number of rotatable bonds is 4. The summed E-state index contributed by atoms with van der Waals surface area (Å²) in [4.78, 5) is 29.1. The highest BCUT2D eigenvalue weighted by molar-refractivity contribution is 8.01. The molecule has 7 nitrogen and oxygen atoms in total. The van der Waals surface area contributed by atoms with Gasteiger partial charge in [0.1, 0.15) is 18.6 Å². The third-order valence-electron chi connectivity index (χ3n) is 5.87. The lowest BCUT2D eigenvalue weighted by molar-refractivity contribution is -0.130. The van der Waals surface area contributed by atoms with Crippen molar-refractivity contribution in [1.29, 1.82) is 0 Å². The molecule has 1 aromatic carbocycles. The van der Waals surface area contributed by atoms with Gasteiger partial charge in [-0.05, 0) is 57.2 Å². The molecule has 2 saturated heterocycles. The van der Waals surface area contributed by atoms with Gasteiger partial charge in [-0.15, -0.1) is 11.8 Å². The van der Waals surface area contributed by atoms with Crippen molar-refractivity contribution >= 4 is 23.7 Å². The Morgan fingerprint density at radius 1 is 1.20 bits per heavy atom. The van der Waals surface area contributed by atoms with Crippen LogP contribution in [0.5, 0.6) is 11.5 Å². The van der Waals surface area contributed by atoms with E-state index in [1.807, 2.05) is 48.8 Å². The standard InChI is InChI=1S/C22H31N3O4S/c1-14(2)23-22(27)24-8-6-16(7-9-24)13-25-20(26)15(3)30-21(25)17-4-5-18-19(12-17)29-11-10-28-18/h4-5,12,14-16,21H,6-11,13H2,1-3H3,(H,23,27). The number of ether oxygens (including phenoxy) is 2. The predicted octanol–water partition coefficient (Wildman–Crippen LogP) is 3.25. The van der Waals surface area contributed by atoms with E-state index in [2.05, 4.69) is 5.32 Å². The highest BCUT2D eigenvalue weighted by Gasteiger charge is 2.40. The summed E-state index contributed by atoms with van der Waals surface area (Å²) in [6.45, 7) is 9.26. The fourth-order valence-electron chi connectivity index (χ4n) is 4.27. The highest BCUT2D eigenvalue weighted by Crippen LogP contribution is 2.46. The molecule has 0 saturated carbocycles. The zero-order chi connectivity index (χ0) is 21.3. The molecule has 2 atom stereocenters. The van der Waals surface area contributed by atoms with Gasteiger partial charge in [-0.25, -0.2) is 4.79 Å². The minimum Gasteiger partial charge on any atom is -0.486 e. The van der Waals surface area contributed by atoms with Crippen molar-refractivity contribution in [3.63, 3.8) is 0 Å². The van der Waals surface area contributed by atoms with Crippen molar-refractivity contribution in [3.05, 3.63) is 23.8 Å². The first kappa shape index (κ1) is 21.2. The van der Waals surface area contributed by atoms with E-state index in [-0.39, 0.29) is 28.6 Å². The molecule has 30 heavy (non-hydrogen) atoms. The van der Waals surface area contributed by atoms with Crippen LogP contribution in [0.2, 0.25) is 0 Å². The molecule has 4 rings (SSSR count). The Hall–Kier alpha value is -2.09. The van der Waals surface area contributed by atoms with E-state index < -0.39 is 0 Å². The molecule has 1 aromatic rings. The van der Waals surface area contributed by atoms with Crippen LogP contribution in [0.15, 0.2) is 18.2 Å². The molecule has 164 valence electrons. The second-order valence-corrected chi connectivity index (χ2v) is 9.98. The van der Waals surface area contributed by atoms with Crippen LogP contribution in [0.4, 0.5) is 4.79 Å². The predicted molar refractivity (Wildman–Crippen MR) is 117 cm³/mol. The van der Waals surface area contributed by atoms with Crippen LogP contribution < -0.4 is 14.8 Å². The van der Waals surface area contributed by atoms with Gasteiger partial charge in [0.25, 0.3) is 0 Å². The molecular weight excluding hydrogens is 402 g/mol. The third kappa shape index (κ3) is 4.48. The first-order valence-corrected chi connectivity index (χ1v) is 11.8. The molecule has 1 N–H and O–H groups in total. The summed E-state index contributed by atoms with van der Waals surface area (Å²) in [6, 6.07) is 6.16. The number of hydrogen-bond donors (Lipinski definition) is 1. The maximum atomic E-state index is 12.9. The molecule has 3 aliphatic rings. The second-order valence-electron chi connectivity index (χ2n) is 8.56. The van der Waals surface area contributed by atoms with Gasteiger partial charge in [0.2, 0.25) is 5.91 Å². The topological polar surface area (TPSA) is 71.1 Å². The lowest BCUT2D eigenvalue weighted by atomic mass is 9.96. The van der Waals surface area contributed by atoms with Gasteiger partial charge < -0.3 is 24.6 Å². The number of thioether (sulfide) groups is 1. The zero-order valence-corrected chi connectivity index (χ0v) is 18.7. The monoisotopic (exact) mass is 433 g/mol. The van der Waals surface area contributed by atoms with Gasteiger partial charge in [-0.2, -0.15) is 0 Å². The number of benzene rings is 1. The van der Waals surface area contributed by atoms with Crippen LogP contribution in [-0.4, -0.2) is 65.9 Å². The van der Waals surface area contributed by atoms with Gasteiger partial charge in [-0.3, -0.25) is 4.79 Å². The fraction of sp³-hybridized carbons (Fsp3) is 0.636. The van der Waals surface area contributed by atoms with Gasteiger partial charge in [0.05, 0.1) is 5.25 Å². The number of urea groups is 1. The number of nitrogens with zero attached hydrogens (tertiary/aromatic N) is 2. The molecule has 0 aromatic heterocycles. The lowest BCUT2D eigenvalue weighted by Gasteiger charge is -2.35. The van der Waals surface area contributed by atoms with Crippen molar-refractivity contribution in [1.82, 2.24) is 15.1 Å². The van der Waals surface area contributed by atoms with Crippen LogP contribution in [0.25, 0.3) is 0 Å². The number of piperidine rings is 1. The summed E-state index contributed by atoms with van der Waals surface area (Å²) in [7, 11) is 0. The average Bonchev–Trinajstić information content (AvgIpc) is 3.02. The number of carbonyl (C=O) groups is 2. The summed E-state index contributed by atoms with van der Waals surface area (Å²) < 4.78 is 11.4. The van der Waals surface area contributed by atoms with E-state index in [0.29, 0.717) is 19.1 Å². The molecule has 3 aliphatic heterocycles. The number of hydrogen-bond acceptors (Lipinski definition) is 5. The molecular formula is C22H31N3O4S. The zero-order valence-electron chi connectivity index (χ0n) is 17.9. The smallest absolute Gasteiger partial charge is 0.317 e. The van der Waals surface area contributed by atoms with Gasteiger partial charge in [-0.1, -0.05) is 6.07 Å². The summed E-state index contributed by atoms with van der Waals surface area (Å²) in [5.41, 5.74) is 1.08. The van der Waals surface area contributed by atoms with Crippen LogP contribution >= 0.6 is 11.8 Å². The maximum Gasteiger partial charge on any atom is 0.317 e. The Labute approximate surface area is 182 Å². The van der Waals surface area contributed by atoms with Gasteiger partial charge >= 0.3 is 6.03 Å².